The third kappa shape index (κ3) is 4.62. The zero-order valence-electron chi connectivity index (χ0n) is 14.8. The second-order valence-electron chi connectivity index (χ2n) is 6.37. The monoisotopic (exact) mass is 390 g/mol. The number of hydrogen-bond donors (Lipinski definition) is 2. The van der Waals surface area contributed by atoms with Crippen LogP contribution in [0.25, 0.3) is 0 Å². The van der Waals surface area contributed by atoms with Crippen LogP contribution in [-0.4, -0.2) is 30.1 Å². The fourth-order valence-electron chi connectivity index (χ4n) is 2.34. The van der Waals surface area contributed by atoms with Gasteiger partial charge in [0.05, 0.1) is 0 Å². The Kier molecular flexibility index (Phi) is 5.41. The third-order valence-electron chi connectivity index (χ3n) is 3.83. The molecule has 2 aromatic rings. The van der Waals surface area contributed by atoms with Crippen LogP contribution >= 0.6 is 11.6 Å². The maximum absolute atomic E-state index is 12.4. The molecule has 7 nitrogen and oxygen atoms in total. The average Bonchev–Trinajstić information content (AvgIpc) is 2.67. The van der Waals surface area contributed by atoms with E-state index in [2.05, 4.69) is 10.9 Å². The van der Waals surface area contributed by atoms with E-state index in [0.29, 0.717) is 22.3 Å². The van der Waals surface area contributed by atoms with Gasteiger partial charge < -0.3 is 14.2 Å². The van der Waals surface area contributed by atoms with E-state index in [1.54, 1.807) is 56.3 Å². The van der Waals surface area contributed by atoms with Crippen molar-refractivity contribution in [3.05, 3.63) is 53.6 Å². The summed E-state index contributed by atoms with van der Waals surface area (Å²) < 4.78 is 16.7. The topological polar surface area (TPSA) is 85.9 Å². The predicted molar refractivity (Wildman–Crippen MR) is 98.8 cm³/mol. The molecule has 1 aliphatic rings. The highest BCUT2D eigenvalue weighted by molar-refractivity contribution is 6.30. The van der Waals surface area contributed by atoms with Crippen LogP contribution in [0.3, 0.4) is 0 Å². The summed E-state index contributed by atoms with van der Waals surface area (Å²) in [5.41, 5.74) is 3.47. The van der Waals surface area contributed by atoms with Crippen molar-refractivity contribution in [3.63, 3.8) is 0 Å². The maximum Gasteiger partial charge on any atom is 0.283 e. The molecule has 0 unspecified atom stereocenters. The average molecular weight is 391 g/mol. The van der Waals surface area contributed by atoms with E-state index in [9.17, 15) is 9.59 Å². The molecule has 142 valence electrons. The number of hydrogen-bond acceptors (Lipinski definition) is 5. The molecule has 1 atom stereocenters. The van der Waals surface area contributed by atoms with E-state index in [4.69, 9.17) is 25.8 Å². The molecule has 2 aromatic carbocycles. The number of rotatable bonds is 4. The summed E-state index contributed by atoms with van der Waals surface area (Å²) in [4.78, 5) is 24.6. The minimum absolute atomic E-state index is 0.0450. The fraction of sp³-hybridized carbons (Fsp3) is 0.263. The molecule has 0 radical (unpaired) electrons. The van der Waals surface area contributed by atoms with Gasteiger partial charge in [0.2, 0.25) is 6.10 Å². The lowest BCUT2D eigenvalue weighted by Gasteiger charge is -2.27. The zero-order chi connectivity index (χ0) is 19.4. The van der Waals surface area contributed by atoms with Gasteiger partial charge in [-0.1, -0.05) is 23.7 Å². The van der Waals surface area contributed by atoms with Crippen LogP contribution in [0, 0.1) is 0 Å². The molecule has 0 aliphatic carbocycles. The summed E-state index contributed by atoms with van der Waals surface area (Å²) in [7, 11) is 0. The summed E-state index contributed by atoms with van der Waals surface area (Å²) >= 11 is 5.83. The van der Waals surface area contributed by atoms with Gasteiger partial charge in [-0.25, -0.2) is 0 Å². The van der Waals surface area contributed by atoms with Crippen LogP contribution in [0.5, 0.6) is 17.2 Å². The Morgan fingerprint density at radius 1 is 1.07 bits per heavy atom. The van der Waals surface area contributed by atoms with Gasteiger partial charge in [-0.15, -0.1) is 0 Å². The molecule has 27 heavy (non-hydrogen) atoms. The molecule has 1 heterocycles. The normalized spacial score (nSPS) is 15.6. The Morgan fingerprint density at radius 2 is 1.74 bits per heavy atom. The Balaban J connectivity index is 1.53. The molecular formula is C19H19ClN2O5. The van der Waals surface area contributed by atoms with E-state index in [1.807, 2.05) is 6.07 Å². The van der Waals surface area contributed by atoms with Gasteiger partial charge >= 0.3 is 0 Å². The molecule has 0 bridgehead atoms. The highest BCUT2D eigenvalue weighted by atomic mass is 35.5. The molecule has 2 N–H and O–H groups in total. The van der Waals surface area contributed by atoms with Crippen molar-refractivity contribution in [2.24, 2.45) is 0 Å². The van der Waals surface area contributed by atoms with Gasteiger partial charge in [0.15, 0.2) is 17.1 Å². The molecule has 8 heteroatoms. The number of nitrogens with one attached hydrogen (secondary N) is 2. The Hall–Kier alpha value is -2.93. The molecule has 0 saturated heterocycles. The summed E-state index contributed by atoms with van der Waals surface area (Å²) in [6.07, 6.45) is -0.875. The molecule has 0 spiro atoms. The third-order valence-corrected chi connectivity index (χ3v) is 4.09. The van der Waals surface area contributed by atoms with Crippen molar-refractivity contribution < 1.29 is 23.8 Å². The SMILES string of the molecule is CC(C)(Oc1ccc(Cl)cc1)C(=O)NNC(=O)[C@@H]1COc2ccccc2O1. The number of benzene rings is 2. The molecule has 1 aliphatic heterocycles. The molecule has 0 aromatic heterocycles. The quantitative estimate of drug-likeness (QED) is 0.783. The van der Waals surface area contributed by atoms with Crippen molar-refractivity contribution >= 4 is 23.4 Å². The van der Waals surface area contributed by atoms with Crippen molar-refractivity contribution in [2.45, 2.75) is 25.6 Å². The van der Waals surface area contributed by atoms with Crippen molar-refractivity contribution in [2.75, 3.05) is 6.61 Å². The fourth-order valence-corrected chi connectivity index (χ4v) is 2.47. The van der Waals surface area contributed by atoms with E-state index in [-0.39, 0.29) is 6.61 Å². The summed E-state index contributed by atoms with van der Waals surface area (Å²) in [6.45, 7) is 3.21. The van der Waals surface area contributed by atoms with Gasteiger partial charge in [0, 0.05) is 5.02 Å². The first-order valence-corrected chi connectivity index (χ1v) is 8.66. The second-order valence-corrected chi connectivity index (χ2v) is 6.81. The van der Waals surface area contributed by atoms with Gasteiger partial charge in [-0.3, -0.25) is 20.4 Å². The number of para-hydroxylation sites is 2. The molecule has 3 rings (SSSR count). The standard InChI is InChI=1S/C19H19ClN2O5/c1-19(2,27-13-9-7-12(20)8-10-13)18(24)22-21-17(23)16-11-25-14-5-3-4-6-15(14)26-16/h3-10,16H,11H2,1-2H3,(H,21,23)(H,22,24)/t16-/m0/s1. The van der Waals surface area contributed by atoms with E-state index < -0.39 is 23.5 Å². The number of halogens is 1. The largest absolute Gasteiger partial charge is 0.485 e. The van der Waals surface area contributed by atoms with Gasteiger partial charge in [0.25, 0.3) is 11.8 Å². The van der Waals surface area contributed by atoms with Crippen LogP contribution < -0.4 is 25.1 Å². The Labute approximate surface area is 161 Å². The van der Waals surface area contributed by atoms with Crippen molar-refractivity contribution in [1.29, 1.82) is 0 Å². The Bertz CT molecular complexity index is 838. The number of hydrazine groups is 1. The number of fused-ring (bicyclic) bond motifs is 1. The summed E-state index contributed by atoms with van der Waals surface area (Å²) in [5, 5.41) is 0.563. The highest BCUT2D eigenvalue weighted by Gasteiger charge is 2.32. The molecule has 2 amide bonds. The smallest absolute Gasteiger partial charge is 0.283 e. The highest BCUT2D eigenvalue weighted by Crippen LogP contribution is 2.30. The van der Waals surface area contributed by atoms with Crippen LogP contribution in [0.4, 0.5) is 0 Å². The first kappa shape index (κ1) is 18.8. The van der Waals surface area contributed by atoms with E-state index in [1.165, 1.54) is 0 Å². The minimum atomic E-state index is -1.22. The van der Waals surface area contributed by atoms with Gasteiger partial charge in [-0.2, -0.15) is 0 Å². The zero-order valence-corrected chi connectivity index (χ0v) is 15.6. The lowest BCUT2D eigenvalue weighted by molar-refractivity contribution is -0.140. The Morgan fingerprint density at radius 3 is 2.44 bits per heavy atom. The van der Waals surface area contributed by atoms with Crippen molar-refractivity contribution in [1.82, 2.24) is 10.9 Å². The summed E-state index contributed by atoms with van der Waals surface area (Å²) in [6, 6.07) is 13.7. The predicted octanol–water partition coefficient (Wildman–Crippen LogP) is 2.48. The van der Waals surface area contributed by atoms with Crippen LogP contribution in [0.2, 0.25) is 5.02 Å². The number of carbonyl (C=O) groups excluding carboxylic acids is 2. The molecule has 0 fully saturated rings. The minimum Gasteiger partial charge on any atom is -0.485 e. The maximum atomic E-state index is 12.4. The van der Waals surface area contributed by atoms with Gasteiger partial charge in [-0.05, 0) is 50.2 Å². The number of carbonyl (C=O) groups is 2. The first-order chi connectivity index (χ1) is 12.8. The number of amides is 2. The van der Waals surface area contributed by atoms with Crippen molar-refractivity contribution in [3.8, 4) is 17.2 Å². The van der Waals surface area contributed by atoms with Crippen LogP contribution in [0.1, 0.15) is 13.8 Å². The van der Waals surface area contributed by atoms with E-state index in [0.717, 1.165) is 0 Å². The lowest BCUT2D eigenvalue weighted by atomic mass is 10.1. The lowest BCUT2D eigenvalue weighted by Crippen LogP contribution is -2.56. The van der Waals surface area contributed by atoms with Crippen LogP contribution in [-0.2, 0) is 9.59 Å². The van der Waals surface area contributed by atoms with E-state index >= 15 is 0 Å². The number of ether oxygens (including phenoxy) is 3. The first-order valence-electron chi connectivity index (χ1n) is 8.28. The van der Waals surface area contributed by atoms with Crippen LogP contribution in [0.15, 0.2) is 48.5 Å². The second kappa shape index (κ2) is 7.75. The molecule has 0 saturated carbocycles. The van der Waals surface area contributed by atoms with Gasteiger partial charge in [0.1, 0.15) is 12.4 Å². The molecular weight excluding hydrogens is 372 g/mol. The summed E-state index contributed by atoms with van der Waals surface area (Å²) in [5.74, 6) is 0.472.